The zero-order chi connectivity index (χ0) is 19.8. The molecule has 0 aliphatic carbocycles. The van der Waals surface area contributed by atoms with Crippen LogP contribution in [-0.4, -0.2) is 25.1 Å². The van der Waals surface area contributed by atoms with Crippen LogP contribution in [0.25, 0.3) is 0 Å². The Kier molecular flexibility index (Phi) is 6.33. The Morgan fingerprint density at radius 2 is 1.61 bits per heavy atom. The van der Waals surface area contributed by atoms with Gasteiger partial charge in [0.25, 0.3) is 0 Å². The van der Waals surface area contributed by atoms with Crippen LogP contribution in [0.1, 0.15) is 16.7 Å². The summed E-state index contributed by atoms with van der Waals surface area (Å²) in [5.41, 5.74) is 3.54. The average molecular weight is 370 g/mol. The van der Waals surface area contributed by atoms with E-state index in [4.69, 9.17) is 4.74 Å². The van der Waals surface area contributed by atoms with Gasteiger partial charge in [0.2, 0.25) is 0 Å². The Bertz CT molecular complexity index is 986. The third-order valence-electron chi connectivity index (χ3n) is 4.16. The summed E-state index contributed by atoms with van der Waals surface area (Å²) in [6.45, 7) is 0.503. The van der Waals surface area contributed by atoms with Crippen molar-refractivity contribution < 1.29 is 9.53 Å². The molecule has 0 aliphatic rings. The summed E-state index contributed by atoms with van der Waals surface area (Å²) in [4.78, 5) is 14.1. The van der Waals surface area contributed by atoms with Crippen LogP contribution >= 0.6 is 0 Å². The second-order valence-corrected chi connectivity index (χ2v) is 6.33. The van der Waals surface area contributed by atoms with Crippen LogP contribution in [0.5, 0.6) is 5.75 Å². The summed E-state index contributed by atoms with van der Waals surface area (Å²) in [6, 6.07) is 24.8. The maximum absolute atomic E-state index is 12.5. The second kappa shape index (κ2) is 9.29. The second-order valence-electron chi connectivity index (χ2n) is 6.33. The Hall–Kier alpha value is -3.71. The maximum Gasteiger partial charge on any atom is 0.321 e. The minimum atomic E-state index is -0.177. The molecule has 0 saturated heterocycles. The summed E-state index contributed by atoms with van der Waals surface area (Å²) in [7, 11) is 3.39. The number of methoxy groups -OCH3 is 1. The van der Waals surface area contributed by atoms with Crippen LogP contribution in [0.2, 0.25) is 0 Å². The predicted molar refractivity (Wildman–Crippen MR) is 112 cm³/mol. The average Bonchev–Trinajstić information content (AvgIpc) is 2.74. The third kappa shape index (κ3) is 5.39. The molecule has 0 atom stereocenters. The minimum absolute atomic E-state index is 0.177. The van der Waals surface area contributed by atoms with Crippen molar-refractivity contribution in [3.63, 3.8) is 0 Å². The van der Waals surface area contributed by atoms with Crippen LogP contribution in [-0.2, 0) is 6.54 Å². The van der Waals surface area contributed by atoms with E-state index in [1.54, 1.807) is 19.1 Å². The molecule has 0 aromatic heterocycles. The van der Waals surface area contributed by atoms with Crippen LogP contribution in [0.3, 0.4) is 0 Å². The molecule has 0 saturated carbocycles. The van der Waals surface area contributed by atoms with Crippen LogP contribution < -0.4 is 10.1 Å². The molecule has 0 aliphatic heterocycles. The Morgan fingerprint density at radius 1 is 0.929 bits per heavy atom. The SMILES string of the molecule is COc1ccc(CN(C)C(=O)Nc2cccc(C#Cc3ccccc3)c2)cc1. The molecule has 3 rings (SSSR count). The minimum Gasteiger partial charge on any atom is -0.497 e. The van der Waals surface area contributed by atoms with Gasteiger partial charge >= 0.3 is 6.03 Å². The summed E-state index contributed by atoms with van der Waals surface area (Å²) in [5, 5.41) is 2.92. The van der Waals surface area contributed by atoms with Gasteiger partial charge in [-0.25, -0.2) is 4.79 Å². The Balaban J connectivity index is 1.62. The molecule has 0 bridgehead atoms. The number of nitrogens with one attached hydrogen (secondary N) is 1. The van der Waals surface area contributed by atoms with Gasteiger partial charge in [0.1, 0.15) is 5.75 Å². The van der Waals surface area contributed by atoms with Gasteiger partial charge in [-0.05, 0) is 48.0 Å². The van der Waals surface area contributed by atoms with E-state index in [-0.39, 0.29) is 6.03 Å². The molecule has 1 N–H and O–H groups in total. The first kappa shape index (κ1) is 19.1. The fourth-order valence-corrected chi connectivity index (χ4v) is 2.64. The maximum atomic E-state index is 12.5. The molecule has 3 aromatic rings. The number of hydrogen-bond acceptors (Lipinski definition) is 2. The number of anilines is 1. The lowest BCUT2D eigenvalue weighted by Crippen LogP contribution is -2.30. The van der Waals surface area contributed by atoms with E-state index >= 15 is 0 Å². The molecule has 4 nitrogen and oxygen atoms in total. The summed E-state index contributed by atoms with van der Waals surface area (Å²) >= 11 is 0. The molecule has 4 heteroatoms. The van der Waals surface area contributed by atoms with Gasteiger partial charge in [0, 0.05) is 30.4 Å². The lowest BCUT2D eigenvalue weighted by molar-refractivity contribution is 0.220. The third-order valence-corrected chi connectivity index (χ3v) is 4.16. The normalized spacial score (nSPS) is 9.79. The Morgan fingerprint density at radius 3 is 2.32 bits per heavy atom. The highest BCUT2D eigenvalue weighted by atomic mass is 16.5. The summed E-state index contributed by atoms with van der Waals surface area (Å²) in [5.74, 6) is 7.05. The summed E-state index contributed by atoms with van der Waals surface area (Å²) in [6.07, 6.45) is 0. The van der Waals surface area contributed by atoms with Gasteiger partial charge in [-0.2, -0.15) is 0 Å². The van der Waals surface area contributed by atoms with Crippen molar-refractivity contribution in [1.82, 2.24) is 4.90 Å². The van der Waals surface area contributed by atoms with E-state index in [0.29, 0.717) is 12.2 Å². The van der Waals surface area contributed by atoms with Crippen molar-refractivity contribution in [1.29, 1.82) is 0 Å². The quantitative estimate of drug-likeness (QED) is 0.673. The fourth-order valence-electron chi connectivity index (χ4n) is 2.64. The number of hydrogen-bond donors (Lipinski definition) is 1. The monoisotopic (exact) mass is 370 g/mol. The zero-order valence-electron chi connectivity index (χ0n) is 16.0. The molecule has 0 radical (unpaired) electrons. The van der Waals surface area contributed by atoms with E-state index in [2.05, 4.69) is 17.2 Å². The molecule has 140 valence electrons. The smallest absolute Gasteiger partial charge is 0.321 e. The van der Waals surface area contributed by atoms with Gasteiger partial charge in [-0.3, -0.25) is 0 Å². The van der Waals surface area contributed by atoms with Gasteiger partial charge in [-0.15, -0.1) is 0 Å². The molecule has 0 unspecified atom stereocenters. The van der Waals surface area contributed by atoms with Crippen molar-refractivity contribution in [2.24, 2.45) is 0 Å². The van der Waals surface area contributed by atoms with Gasteiger partial charge in [0.15, 0.2) is 0 Å². The first-order chi connectivity index (χ1) is 13.6. The number of ether oxygens (including phenoxy) is 1. The molecule has 0 heterocycles. The Labute approximate surface area is 165 Å². The highest BCUT2D eigenvalue weighted by Crippen LogP contribution is 2.14. The number of carbonyl (C=O) groups is 1. The first-order valence-electron chi connectivity index (χ1n) is 8.96. The topological polar surface area (TPSA) is 41.6 Å². The predicted octanol–water partition coefficient (Wildman–Crippen LogP) is 4.76. The number of nitrogens with zero attached hydrogens (tertiary/aromatic N) is 1. The van der Waals surface area contributed by atoms with Gasteiger partial charge in [-0.1, -0.05) is 48.2 Å². The van der Waals surface area contributed by atoms with E-state index < -0.39 is 0 Å². The molecule has 3 aromatic carbocycles. The van der Waals surface area contributed by atoms with Crippen LogP contribution in [0.4, 0.5) is 10.5 Å². The number of rotatable bonds is 4. The lowest BCUT2D eigenvalue weighted by atomic mass is 10.1. The van der Waals surface area contributed by atoms with Crippen molar-refractivity contribution >= 4 is 11.7 Å². The number of amides is 2. The first-order valence-corrected chi connectivity index (χ1v) is 8.96. The van der Waals surface area contributed by atoms with E-state index in [9.17, 15) is 4.79 Å². The standard InChI is InChI=1S/C24H22N2O2/c1-26(18-21-13-15-23(28-2)16-14-21)24(27)25-22-10-6-9-20(17-22)12-11-19-7-4-3-5-8-19/h3-10,13-17H,18H2,1-2H3,(H,25,27). The van der Waals surface area contributed by atoms with Crippen molar-refractivity contribution in [2.45, 2.75) is 6.54 Å². The number of benzene rings is 3. The molecule has 0 fully saturated rings. The van der Waals surface area contributed by atoms with Crippen LogP contribution in [0.15, 0.2) is 78.9 Å². The van der Waals surface area contributed by atoms with Gasteiger partial charge in [0.05, 0.1) is 7.11 Å². The fraction of sp³-hybridized carbons (Fsp3) is 0.125. The van der Waals surface area contributed by atoms with Crippen molar-refractivity contribution in [2.75, 3.05) is 19.5 Å². The van der Waals surface area contributed by atoms with E-state index in [1.807, 2.05) is 78.9 Å². The van der Waals surface area contributed by atoms with E-state index in [0.717, 1.165) is 22.4 Å². The van der Waals surface area contributed by atoms with Crippen molar-refractivity contribution in [3.05, 3.63) is 95.6 Å². The molecular formula is C24H22N2O2. The zero-order valence-corrected chi connectivity index (χ0v) is 16.0. The molecule has 0 spiro atoms. The number of carbonyl (C=O) groups excluding carboxylic acids is 1. The highest BCUT2D eigenvalue weighted by molar-refractivity contribution is 5.89. The molecular weight excluding hydrogens is 348 g/mol. The molecule has 28 heavy (non-hydrogen) atoms. The highest BCUT2D eigenvalue weighted by Gasteiger charge is 2.09. The molecule has 2 amide bonds. The lowest BCUT2D eigenvalue weighted by Gasteiger charge is -2.18. The van der Waals surface area contributed by atoms with E-state index in [1.165, 1.54) is 0 Å². The van der Waals surface area contributed by atoms with Crippen LogP contribution in [0, 0.1) is 11.8 Å². The largest absolute Gasteiger partial charge is 0.497 e. The summed E-state index contributed by atoms with van der Waals surface area (Å²) < 4.78 is 5.16. The van der Waals surface area contributed by atoms with Crippen molar-refractivity contribution in [3.8, 4) is 17.6 Å². The number of urea groups is 1. The van der Waals surface area contributed by atoms with Gasteiger partial charge < -0.3 is 15.0 Å².